The number of hydrogen-bond acceptors (Lipinski definition) is 6. The van der Waals surface area contributed by atoms with Crippen LogP contribution in [0.2, 0.25) is 0 Å². The van der Waals surface area contributed by atoms with Gasteiger partial charge in [0, 0.05) is 44.2 Å². The fourth-order valence-corrected chi connectivity index (χ4v) is 7.05. The minimum atomic E-state index is 0.544. The highest BCUT2D eigenvalue weighted by Crippen LogP contribution is 2.35. The normalized spacial score (nSPS) is 11.1. The Morgan fingerprint density at radius 2 is 0.825 bits per heavy atom. The number of fused-ring (bicyclic) bond motifs is 3. The first kappa shape index (κ1) is 33.5. The van der Waals surface area contributed by atoms with E-state index in [0.29, 0.717) is 29.0 Å². The van der Waals surface area contributed by atoms with Gasteiger partial charge in [-0.3, -0.25) is 0 Å². The number of benzene rings is 7. The van der Waals surface area contributed by atoms with Gasteiger partial charge in [0.1, 0.15) is 11.2 Å². The predicted octanol–water partition coefficient (Wildman–Crippen LogP) is 12.8. The van der Waals surface area contributed by atoms with E-state index in [-0.39, 0.29) is 0 Å². The molecule has 7 nitrogen and oxygen atoms in total. The molecular formula is C50H30N6O. The van der Waals surface area contributed by atoms with Crippen LogP contribution < -0.4 is 0 Å². The van der Waals surface area contributed by atoms with Crippen molar-refractivity contribution < 1.29 is 4.42 Å². The van der Waals surface area contributed by atoms with E-state index in [0.717, 1.165) is 77.8 Å². The van der Waals surface area contributed by atoms with Gasteiger partial charge in [-0.05, 0) is 47.5 Å². The maximum absolute atomic E-state index is 7.35. The summed E-state index contributed by atoms with van der Waals surface area (Å²) >= 11 is 0. The molecule has 0 aliphatic carbocycles. The number of hydrogen-bond donors (Lipinski definition) is 0. The molecule has 3 aromatic heterocycles. The van der Waals surface area contributed by atoms with Crippen molar-refractivity contribution >= 4 is 27.6 Å². The number of rotatable bonds is 7. The van der Waals surface area contributed by atoms with Gasteiger partial charge in [0.05, 0.1) is 18.0 Å². The Morgan fingerprint density at radius 1 is 0.333 bits per heavy atom. The Labute approximate surface area is 328 Å². The van der Waals surface area contributed by atoms with Crippen LogP contribution in [0.4, 0.5) is 5.69 Å². The molecule has 10 rings (SSSR count). The summed E-state index contributed by atoms with van der Waals surface area (Å²) in [6, 6.07) is 60.4. The molecule has 0 saturated heterocycles. The van der Waals surface area contributed by atoms with Gasteiger partial charge in [0.2, 0.25) is 0 Å². The van der Waals surface area contributed by atoms with E-state index in [1.54, 1.807) is 12.1 Å². The lowest BCUT2D eigenvalue weighted by molar-refractivity contribution is 0.669. The largest absolute Gasteiger partial charge is 0.456 e. The highest BCUT2D eigenvalue weighted by atomic mass is 16.3. The minimum Gasteiger partial charge on any atom is -0.456 e. The third kappa shape index (κ3) is 6.58. The van der Waals surface area contributed by atoms with Gasteiger partial charge in [-0.25, -0.2) is 29.8 Å². The molecule has 0 fully saturated rings. The maximum Gasteiger partial charge on any atom is 0.187 e. The summed E-state index contributed by atoms with van der Waals surface area (Å²) in [6.07, 6.45) is 0. The van der Waals surface area contributed by atoms with Crippen LogP contribution in [0.25, 0.3) is 106 Å². The maximum atomic E-state index is 7.35. The van der Waals surface area contributed by atoms with Crippen LogP contribution >= 0.6 is 0 Å². The quantitative estimate of drug-likeness (QED) is 0.152. The first-order chi connectivity index (χ1) is 28.1. The number of nitrogens with zero attached hydrogens (tertiary/aromatic N) is 6. The van der Waals surface area contributed by atoms with E-state index in [9.17, 15) is 0 Å². The second kappa shape index (κ2) is 14.3. The third-order valence-electron chi connectivity index (χ3n) is 9.99. The van der Waals surface area contributed by atoms with Crippen molar-refractivity contribution in [3.8, 4) is 79.2 Å². The van der Waals surface area contributed by atoms with E-state index >= 15 is 0 Å². The van der Waals surface area contributed by atoms with Crippen LogP contribution in [-0.2, 0) is 0 Å². The summed E-state index contributed by atoms with van der Waals surface area (Å²) in [4.78, 5) is 28.3. The van der Waals surface area contributed by atoms with E-state index < -0.39 is 0 Å². The Hall–Kier alpha value is -8.08. The van der Waals surface area contributed by atoms with E-state index in [1.807, 2.05) is 109 Å². The van der Waals surface area contributed by atoms with Gasteiger partial charge < -0.3 is 4.42 Å². The summed E-state index contributed by atoms with van der Waals surface area (Å²) in [5.74, 6) is 2.35. The van der Waals surface area contributed by atoms with Gasteiger partial charge in [-0.2, -0.15) is 0 Å². The molecule has 0 aliphatic rings. The third-order valence-corrected chi connectivity index (χ3v) is 9.99. The van der Waals surface area contributed by atoms with Crippen molar-refractivity contribution in [1.82, 2.24) is 24.9 Å². The van der Waals surface area contributed by atoms with Crippen molar-refractivity contribution in [3.05, 3.63) is 193 Å². The van der Waals surface area contributed by atoms with Gasteiger partial charge in [-0.15, -0.1) is 0 Å². The molecule has 3 heterocycles. The highest BCUT2D eigenvalue weighted by Gasteiger charge is 2.16. The molecule has 57 heavy (non-hydrogen) atoms. The van der Waals surface area contributed by atoms with Crippen molar-refractivity contribution in [1.29, 1.82) is 0 Å². The molecule has 0 bridgehead atoms. The average Bonchev–Trinajstić information content (AvgIpc) is 3.67. The van der Waals surface area contributed by atoms with Crippen LogP contribution in [0.5, 0.6) is 0 Å². The lowest BCUT2D eigenvalue weighted by Gasteiger charge is -2.11. The van der Waals surface area contributed by atoms with Crippen LogP contribution in [0, 0.1) is 6.57 Å². The molecule has 0 radical (unpaired) electrons. The van der Waals surface area contributed by atoms with E-state index in [2.05, 4.69) is 65.5 Å². The zero-order chi connectivity index (χ0) is 38.1. The molecule has 0 spiro atoms. The molecule has 0 amide bonds. The van der Waals surface area contributed by atoms with Crippen LogP contribution in [-0.4, -0.2) is 24.9 Å². The van der Waals surface area contributed by atoms with Gasteiger partial charge in [-0.1, -0.05) is 146 Å². The molecule has 10 aromatic rings. The molecule has 0 saturated carbocycles. The Bertz CT molecular complexity index is 3120. The average molecular weight is 731 g/mol. The Kier molecular flexibility index (Phi) is 8.40. The fraction of sp³-hybridized carbons (Fsp3) is 0. The number of furan rings is 1. The first-order valence-electron chi connectivity index (χ1n) is 18.5. The Balaban J connectivity index is 1.02. The summed E-state index contributed by atoms with van der Waals surface area (Å²) in [6.45, 7) is 7.35. The molecule has 7 heteroatoms. The molecule has 0 aliphatic heterocycles. The van der Waals surface area contributed by atoms with Crippen LogP contribution in [0.15, 0.2) is 186 Å². The summed E-state index contributed by atoms with van der Waals surface area (Å²) in [7, 11) is 0. The fourth-order valence-electron chi connectivity index (χ4n) is 7.05. The van der Waals surface area contributed by atoms with Crippen LogP contribution in [0.1, 0.15) is 0 Å². The van der Waals surface area contributed by atoms with Gasteiger partial charge in [0.25, 0.3) is 0 Å². The SMILES string of the molecule is [C-]#[N+]c1ccc(-c2nc(-c3ccccc3)nc(-c3cccc(-c4ccc(-c5cc(-c6ccc7oc8ccccc8c7c6)nc(-c6ccccc6)n5)cc4)c3)n2)cc1. The second-order valence-corrected chi connectivity index (χ2v) is 13.6. The van der Waals surface area contributed by atoms with Crippen molar-refractivity contribution in [2.45, 2.75) is 0 Å². The zero-order valence-corrected chi connectivity index (χ0v) is 30.4. The van der Waals surface area contributed by atoms with Gasteiger partial charge >= 0.3 is 0 Å². The van der Waals surface area contributed by atoms with Crippen molar-refractivity contribution in [2.75, 3.05) is 0 Å². The van der Waals surface area contributed by atoms with E-state index in [4.69, 9.17) is 35.9 Å². The lowest BCUT2D eigenvalue weighted by Crippen LogP contribution is -2.00. The summed E-state index contributed by atoms with van der Waals surface area (Å²) in [5, 5.41) is 2.13. The molecule has 0 N–H and O–H groups in total. The van der Waals surface area contributed by atoms with Crippen LogP contribution in [0.3, 0.4) is 0 Å². The lowest BCUT2D eigenvalue weighted by atomic mass is 9.99. The smallest absolute Gasteiger partial charge is 0.187 e. The minimum absolute atomic E-state index is 0.544. The van der Waals surface area contributed by atoms with Crippen molar-refractivity contribution in [3.63, 3.8) is 0 Å². The van der Waals surface area contributed by atoms with Crippen molar-refractivity contribution in [2.24, 2.45) is 0 Å². The second-order valence-electron chi connectivity index (χ2n) is 13.6. The summed E-state index contributed by atoms with van der Waals surface area (Å²) in [5.41, 5.74) is 11.5. The first-order valence-corrected chi connectivity index (χ1v) is 18.5. The molecule has 0 unspecified atom stereocenters. The predicted molar refractivity (Wildman–Crippen MR) is 227 cm³/mol. The number of para-hydroxylation sites is 1. The summed E-state index contributed by atoms with van der Waals surface area (Å²) < 4.78 is 6.11. The zero-order valence-electron chi connectivity index (χ0n) is 30.4. The monoisotopic (exact) mass is 730 g/mol. The molecule has 0 atom stereocenters. The molecule has 7 aromatic carbocycles. The Morgan fingerprint density at radius 3 is 1.51 bits per heavy atom. The number of aromatic nitrogens is 5. The van der Waals surface area contributed by atoms with E-state index in [1.165, 1.54) is 0 Å². The standard InChI is InChI=1S/C50H30N6O/c1-51-40-26-23-36(24-27-40)49-54-48(35-13-6-3-7-14-35)55-50(56-49)39-16-10-15-37(29-39)32-19-21-33(22-20-32)43-31-44(53-47(52-43)34-11-4-2-5-12-34)38-25-28-46-42(30-38)41-17-8-9-18-45(41)57-46/h2-31H. The van der Waals surface area contributed by atoms with Gasteiger partial charge in [0.15, 0.2) is 29.0 Å². The highest BCUT2D eigenvalue weighted by molar-refractivity contribution is 6.06. The molecular weight excluding hydrogens is 701 g/mol. The topological polar surface area (TPSA) is 82.0 Å². The molecule has 266 valence electrons.